The first kappa shape index (κ1) is 19.5. The highest BCUT2D eigenvalue weighted by Gasteiger charge is 2.32. The van der Waals surface area contributed by atoms with Crippen molar-refractivity contribution in [2.75, 3.05) is 25.0 Å². The maximum absolute atomic E-state index is 13.0. The van der Waals surface area contributed by atoms with E-state index < -0.39 is 10.0 Å². The summed E-state index contributed by atoms with van der Waals surface area (Å²) in [5.74, 6) is 0.479. The Bertz CT molecular complexity index is 1210. The van der Waals surface area contributed by atoms with Crippen LogP contribution in [0.3, 0.4) is 0 Å². The summed E-state index contributed by atoms with van der Waals surface area (Å²) >= 11 is 1.56. The standard InChI is InChI=1S/C21H21N3O4S2/c25-21(23-16-1-4-20-18(12-16)22-13-29-20)14-5-8-24(9-6-14)30(26,27)17-2-3-19-15(11-17)7-10-28-19/h1-4,11-14H,5-10H2,(H,23,25). The van der Waals surface area contributed by atoms with Crippen molar-refractivity contribution < 1.29 is 17.9 Å². The van der Waals surface area contributed by atoms with Gasteiger partial charge in [-0.25, -0.2) is 13.4 Å². The number of amides is 1. The van der Waals surface area contributed by atoms with E-state index in [-0.39, 0.29) is 11.8 Å². The number of anilines is 1. The maximum atomic E-state index is 13.0. The first-order valence-electron chi connectivity index (χ1n) is 9.91. The molecule has 0 radical (unpaired) electrons. The Morgan fingerprint density at radius 1 is 1.17 bits per heavy atom. The van der Waals surface area contributed by atoms with Crippen LogP contribution in [0.15, 0.2) is 46.8 Å². The molecule has 2 aromatic carbocycles. The molecule has 156 valence electrons. The first-order chi connectivity index (χ1) is 14.5. The van der Waals surface area contributed by atoms with Crippen LogP contribution in [0.2, 0.25) is 0 Å². The van der Waals surface area contributed by atoms with Gasteiger partial charge in [0.25, 0.3) is 0 Å². The van der Waals surface area contributed by atoms with E-state index in [0.29, 0.717) is 43.1 Å². The van der Waals surface area contributed by atoms with Gasteiger partial charge in [0, 0.05) is 31.1 Å². The summed E-state index contributed by atoms with van der Waals surface area (Å²) in [5, 5.41) is 2.95. The van der Waals surface area contributed by atoms with Crippen LogP contribution >= 0.6 is 11.3 Å². The van der Waals surface area contributed by atoms with Gasteiger partial charge in [-0.15, -0.1) is 11.3 Å². The highest BCUT2D eigenvalue weighted by atomic mass is 32.2. The molecule has 1 N–H and O–H groups in total. The third-order valence-electron chi connectivity index (χ3n) is 5.72. The molecule has 0 bridgehead atoms. The molecule has 5 rings (SSSR count). The predicted molar refractivity (Wildman–Crippen MR) is 115 cm³/mol. The van der Waals surface area contributed by atoms with Crippen molar-refractivity contribution >= 4 is 43.2 Å². The fourth-order valence-electron chi connectivity index (χ4n) is 4.01. The van der Waals surface area contributed by atoms with Gasteiger partial charge in [0.15, 0.2) is 0 Å². The smallest absolute Gasteiger partial charge is 0.243 e. The van der Waals surface area contributed by atoms with E-state index >= 15 is 0 Å². The number of thiazole rings is 1. The van der Waals surface area contributed by atoms with E-state index in [4.69, 9.17) is 4.74 Å². The van der Waals surface area contributed by atoms with E-state index in [2.05, 4.69) is 10.3 Å². The molecular formula is C21H21N3O4S2. The molecule has 3 aromatic rings. The number of nitrogens with zero attached hydrogens (tertiary/aromatic N) is 2. The predicted octanol–water partition coefficient (Wildman–Crippen LogP) is 3.27. The number of piperidine rings is 1. The summed E-state index contributed by atoms with van der Waals surface area (Å²) in [5.41, 5.74) is 4.29. The third kappa shape index (κ3) is 3.57. The fourth-order valence-corrected chi connectivity index (χ4v) is 6.19. The summed E-state index contributed by atoms with van der Waals surface area (Å²) in [6.45, 7) is 1.26. The van der Waals surface area contributed by atoms with Gasteiger partial charge < -0.3 is 10.1 Å². The van der Waals surface area contributed by atoms with Crippen LogP contribution in [-0.2, 0) is 21.2 Å². The van der Waals surface area contributed by atoms with Gasteiger partial charge in [-0.3, -0.25) is 4.79 Å². The van der Waals surface area contributed by atoms with Gasteiger partial charge in [-0.1, -0.05) is 0 Å². The molecule has 0 spiro atoms. The minimum atomic E-state index is -3.57. The lowest BCUT2D eigenvalue weighted by Gasteiger charge is -2.30. The Balaban J connectivity index is 1.23. The number of benzene rings is 2. The zero-order valence-electron chi connectivity index (χ0n) is 16.2. The molecule has 30 heavy (non-hydrogen) atoms. The molecule has 1 saturated heterocycles. The number of hydrogen-bond donors (Lipinski definition) is 1. The zero-order chi connectivity index (χ0) is 20.7. The van der Waals surface area contributed by atoms with E-state index in [0.717, 1.165) is 28.0 Å². The molecule has 0 saturated carbocycles. The quantitative estimate of drug-likeness (QED) is 0.669. The van der Waals surface area contributed by atoms with Crippen LogP contribution < -0.4 is 10.1 Å². The van der Waals surface area contributed by atoms with Gasteiger partial charge in [0.2, 0.25) is 15.9 Å². The average Bonchev–Trinajstić information content (AvgIpc) is 3.42. The topological polar surface area (TPSA) is 88.6 Å². The summed E-state index contributed by atoms with van der Waals surface area (Å²) in [4.78, 5) is 17.3. The minimum absolute atomic E-state index is 0.0729. The molecule has 1 aromatic heterocycles. The average molecular weight is 444 g/mol. The number of sulfonamides is 1. The van der Waals surface area contributed by atoms with Crippen LogP contribution in [0.5, 0.6) is 5.75 Å². The lowest BCUT2D eigenvalue weighted by molar-refractivity contribution is -0.120. The Morgan fingerprint density at radius 2 is 2.00 bits per heavy atom. The summed E-state index contributed by atoms with van der Waals surface area (Å²) in [6.07, 6.45) is 1.73. The molecule has 7 nitrogen and oxygen atoms in total. The molecule has 3 heterocycles. The van der Waals surface area contributed by atoms with Gasteiger partial charge in [0.1, 0.15) is 5.75 Å². The van der Waals surface area contributed by atoms with E-state index in [9.17, 15) is 13.2 Å². The lowest BCUT2D eigenvalue weighted by Crippen LogP contribution is -2.41. The van der Waals surface area contributed by atoms with E-state index in [1.165, 1.54) is 4.31 Å². The second-order valence-electron chi connectivity index (χ2n) is 7.57. The Morgan fingerprint density at radius 3 is 2.83 bits per heavy atom. The third-order valence-corrected chi connectivity index (χ3v) is 8.43. The highest BCUT2D eigenvalue weighted by molar-refractivity contribution is 7.89. The summed E-state index contributed by atoms with van der Waals surface area (Å²) in [6, 6.07) is 10.7. The number of carbonyl (C=O) groups excluding carboxylic acids is 1. The Labute approximate surface area is 178 Å². The van der Waals surface area contributed by atoms with Gasteiger partial charge in [0.05, 0.1) is 27.2 Å². The zero-order valence-corrected chi connectivity index (χ0v) is 17.8. The second kappa shape index (κ2) is 7.64. The largest absolute Gasteiger partial charge is 0.493 e. The van der Waals surface area contributed by atoms with Crippen molar-refractivity contribution in [3.63, 3.8) is 0 Å². The lowest BCUT2D eigenvalue weighted by atomic mass is 9.97. The molecule has 2 aliphatic heterocycles. The van der Waals surface area contributed by atoms with Crippen molar-refractivity contribution in [1.82, 2.24) is 9.29 Å². The maximum Gasteiger partial charge on any atom is 0.243 e. The Hall–Kier alpha value is -2.49. The number of fused-ring (bicyclic) bond motifs is 2. The van der Waals surface area contributed by atoms with Crippen molar-refractivity contribution in [1.29, 1.82) is 0 Å². The Kier molecular flexibility index (Phi) is 4.96. The molecule has 0 unspecified atom stereocenters. The number of hydrogen-bond acceptors (Lipinski definition) is 6. The van der Waals surface area contributed by atoms with E-state index in [1.54, 1.807) is 35.0 Å². The van der Waals surface area contributed by atoms with Crippen molar-refractivity contribution in [3.8, 4) is 5.75 Å². The van der Waals surface area contributed by atoms with Crippen molar-refractivity contribution in [2.24, 2.45) is 5.92 Å². The number of ether oxygens (including phenoxy) is 1. The van der Waals surface area contributed by atoms with Gasteiger partial charge >= 0.3 is 0 Å². The van der Waals surface area contributed by atoms with Gasteiger partial charge in [-0.05, 0) is 54.8 Å². The molecule has 1 fully saturated rings. The molecule has 2 aliphatic rings. The monoisotopic (exact) mass is 443 g/mol. The number of carbonyl (C=O) groups is 1. The first-order valence-corrected chi connectivity index (χ1v) is 12.2. The molecule has 0 aliphatic carbocycles. The summed E-state index contributed by atoms with van der Waals surface area (Å²) < 4.78 is 34.1. The van der Waals surface area contributed by atoms with Crippen molar-refractivity contribution in [3.05, 3.63) is 47.5 Å². The molecule has 9 heteroatoms. The van der Waals surface area contributed by atoms with Crippen LogP contribution in [-0.4, -0.2) is 43.3 Å². The number of aromatic nitrogens is 1. The van der Waals surface area contributed by atoms with Crippen molar-refractivity contribution in [2.45, 2.75) is 24.2 Å². The molecular weight excluding hydrogens is 422 g/mol. The SMILES string of the molecule is O=C(Nc1ccc2scnc2c1)C1CCN(S(=O)(=O)c2ccc3c(c2)CCO3)CC1. The molecule has 0 atom stereocenters. The minimum Gasteiger partial charge on any atom is -0.493 e. The van der Waals surface area contributed by atoms with Crippen LogP contribution in [0.4, 0.5) is 5.69 Å². The second-order valence-corrected chi connectivity index (χ2v) is 10.4. The van der Waals surface area contributed by atoms with Gasteiger partial charge in [-0.2, -0.15) is 4.31 Å². The molecule has 1 amide bonds. The normalized spacial score (nSPS) is 17.6. The van der Waals surface area contributed by atoms with Crippen LogP contribution in [0.25, 0.3) is 10.2 Å². The summed E-state index contributed by atoms with van der Waals surface area (Å²) in [7, 11) is -3.57. The number of nitrogens with one attached hydrogen (secondary N) is 1. The fraction of sp³-hybridized carbons (Fsp3) is 0.333. The van der Waals surface area contributed by atoms with Crippen LogP contribution in [0, 0.1) is 5.92 Å². The number of rotatable bonds is 4. The van der Waals surface area contributed by atoms with Crippen LogP contribution in [0.1, 0.15) is 18.4 Å². The highest BCUT2D eigenvalue weighted by Crippen LogP contribution is 2.31. The van der Waals surface area contributed by atoms with E-state index in [1.807, 2.05) is 18.2 Å².